The second kappa shape index (κ2) is 8.97. The molecule has 0 bridgehead atoms. The van der Waals surface area contributed by atoms with Crippen LogP contribution >= 0.6 is 11.6 Å². The van der Waals surface area contributed by atoms with Gasteiger partial charge in [-0.3, -0.25) is 19.3 Å². The molecule has 1 saturated heterocycles. The number of nitrogens with zero attached hydrogens (tertiary/aromatic N) is 3. The van der Waals surface area contributed by atoms with E-state index in [1.165, 1.54) is 26.1 Å². The highest BCUT2D eigenvalue weighted by Crippen LogP contribution is 2.37. The first-order valence-electron chi connectivity index (χ1n) is 9.63. The summed E-state index contributed by atoms with van der Waals surface area (Å²) in [5.41, 5.74) is -0.933. The molecule has 1 N–H and O–H groups in total. The average Bonchev–Trinajstić information content (AvgIpc) is 3.03. The zero-order valence-corrected chi connectivity index (χ0v) is 18.1. The van der Waals surface area contributed by atoms with Gasteiger partial charge in [-0.05, 0) is 43.7 Å². The van der Waals surface area contributed by atoms with Crippen molar-refractivity contribution >= 4 is 40.9 Å². The van der Waals surface area contributed by atoms with Gasteiger partial charge in [-0.2, -0.15) is 13.2 Å². The summed E-state index contributed by atoms with van der Waals surface area (Å²) in [5.74, 6) is -5.12. The van der Waals surface area contributed by atoms with Crippen LogP contribution in [0.4, 0.5) is 29.1 Å². The summed E-state index contributed by atoms with van der Waals surface area (Å²) in [7, 11) is 1.32. The van der Waals surface area contributed by atoms with E-state index in [0.29, 0.717) is 6.07 Å². The van der Waals surface area contributed by atoms with E-state index in [9.17, 15) is 31.9 Å². The summed E-state index contributed by atoms with van der Waals surface area (Å²) in [6, 6.07) is 3.58. The number of pyridine rings is 1. The highest BCUT2D eigenvalue weighted by Gasteiger charge is 2.47. The largest absolute Gasteiger partial charge is 0.481 e. The van der Waals surface area contributed by atoms with Crippen molar-refractivity contribution in [1.82, 2.24) is 4.98 Å². The summed E-state index contributed by atoms with van der Waals surface area (Å²) in [4.78, 5) is 43.3. The van der Waals surface area contributed by atoms with Crippen LogP contribution in [0.1, 0.15) is 24.1 Å². The molecule has 1 aliphatic heterocycles. The molecule has 0 aliphatic carbocycles. The van der Waals surface area contributed by atoms with Crippen LogP contribution in [0, 0.1) is 18.7 Å². The van der Waals surface area contributed by atoms with Gasteiger partial charge in [-0.15, -0.1) is 0 Å². The molecule has 1 unspecified atom stereocenters. The molecule has 12 heteroatoms. The molecule has 1 fully saturated rings. The standard InChI is InChI=1S/C21H18ClF4N3O4/c1-10-5-12(21(24,25)26)8-17(27-10)29-16(6-11(19(29)32)7-18(30)31)20(33)28(2)13-3-4-15(23)14(22)9-13/h3-5,8-9,11,16H,6-7H2,1-2H3,(H,30,31)/t11?,16-/m0/s1. The number of alkyl halides is 3. The van der Waals surface area contributed by atoms with Crippen molar-refractivity contribution in [2.45, 2.75) is 32.0 Å². The first-order chi connectivity index (χ1) is 15.3. The molecule has 2 heterocycles. The van der Waals surface area contributed by atoms with Gasteiger partial charge >= 0.3 is 12.1 Å². The van der Waals surface area contributed by atoms with Gasteiger partial charge in [0, 0.05) is 18.4 Å². The minimum atomic E-state index is -4.73. The van der Waals surface area contributed by atoms with E-state index >= 15 is 0 Å². The summed E-state index contributed by atoms with van der Waals surface area (Å²) >= 11 is 5.77. The van der Waals surface area contributed by atoms with Gasteiger partial charge in [0.1, 0.15) is 17.7 Å². The lowest BCUT2D eigenvalue weighted by Gasteiger charge is -2.28. The second-order valence-electron chi connectivity index (χ2n) is 7.60. The lowest BCUT2D eigenvalue weighted by Crippen LogP contribution is -2.46. The average molecular weight is 488 g/mol. The van der Waals surface area contributed by atoms with Gasteiger partial charge in [0.25, 0.3) is 0 Å². The van der Waals surface area contributed by atoms with E-state index in [4.69, 9.17) is 16.7 Å². The van der Waals surface area contributed by atoms with Gasteiger partial charge in [-0.1, -0.05) is 11.6 Å². The van der Waals surface area contributed by atoms with Crippen LogP contribution in [0.3, 0.4) is 0 Å². The predicted octanol–water partition coefficient (Wildman–Crippen LogP) is 4.06. The van der Waals surface area contributed by atoms with E-state index < -0.39 is 59.5 Å². The fraction of sp³-hybridized carbons (Fsp3) is 0.333. The maximum absolute atomic E-state index is 13.5. The highest BCUT2D eigenvalue weighted by molar-refractivity contribution is 6.31. The van der Waals surface area contributed by atoms with E-state index in [1.54, 1.807) is 0 Å². The SMILES string of the molecule is Cc1cc(C(F)(F)F)cc(N2C(=O)C(CC(=O)O)C[C@H]2C(=O)N(C)c2ccc(F)c(Cl)c2)n1. The summed E-state index contributed by atoms with van der Waals surface area (Å²) in [5, 5.41) is 8.87. The Morgan fingerprint density at radius 2 is 1.94 bits per heavy atom. The Kier molecular flexibility index (Phi) is 6.64. The molecule has 1 aromatic heterocycles. The molecule has 176 valence electrons. The molecule has 0 radical (unpaired) electrons. The molecule has 0 saturated carbocycles. The molecule has 7 nitrogen and oxygen atoms in total. The number of likely N-dealkylation sites (N-methyl/N-ethyl adjacent to an activating group) is 1. The van der Waals surface area contributed by atoms with Crippen LogP contribution in [0.25, 0.3) is 0 Å². The zero-order valence-electron chi connectivity index (χ0n) is 17.4. The first-order valence-corrected chi connectivity index (χ1v) is 10.0. The monoisotopic (exact) mass is 487 g/mol. The van der Waals surface area contributed by atoms with Gasteiger partial charge in [0.05, 0.1) is 22.9 Å². The van der Waals surface area contributed by atoms with E-state index in [0.717, 1.165) is 21.9 Å². The number of anilines is 2. The lowest BCUT2D eigenvalue weighted by molar-refractivity contribution is -0.140. The van der Waals surface area contributed by atoms with Crippen molar-refractivity contribution in [3.63, 3.8) is 0 Å². The normalized spacial score (nSPS) is 18.5. The van der Waals surface area contributed by atoms with Crippen LogP contribution in [-0.4, -0.2) is 41.0 Å². The lowest BCUT2D eigenvalue weighted by atomic mass is 10.0. The molecule has 0 spiro atoms. The van der Waals surface area contributed by atoms with Crippen molar-refractivity contribution in [3.05, 3.63) is 52.4 Å². The number of carboxylic acids is 1. The van der Waals surface area contributed by atoms with Crippen molar-refractivity contribution in [1.29, 1.82) is 0 Å². The smallest absolute Gasteiger partial charge is 0.416 e. The topological polar surface area (TPSA) is 90.8 Å². The Balaban J connectivity index is 2.04. The Morgan fingerprint density at radius 1 is 1.27 bits per heavy atom. The number of hydrogen-bond donors (Lipinski definition) is 1. The zero-order chi connectivity index (χ0) is 24.7. The van der Waals surface area contributed by atoms with E-state index in [2.05, 4.69) is 4.98 Å². The van der Waals surface area contributed by atoms with Crippen molar-refractivity contribution in [3.8, 4) is 0 Å². The van der Waals surface area contributed by atoms with Crippen LogP contribution in [0.5, 0.6) is 0 Å². The van der Waals surface area contributed by atoms with Gasteiger partial charge in [-0.25, -0.2) is 9.37 Å². The quantitative estimate of drug-likeness (QED) is 0.642. The highest BCUT2D eigenvalue weighted by atomic mass is 35.5. The predicted molar refractivity (Wildman–Crippen MR) is 110 cm³/mol. The van der Waals surface area contributed by atoms with Crippen LogP contribution in [-0.2, 0) is 20.6 Å². The maximum Gasteiger partial charge on any atom is 0.416 e. The maximum atomic E-state index is 13.5. The number of hydrogen-bond acceptors (Lipinski definition) is 4. The number of carbonyl (C=O) groups is 3. The fourth-order valence-electron chi connectivity index (χ4n) is 3.67. The molecule has 3 rings (SSSR count). The Labute approximate surface area is 190 Å². The molecule has 1 aromatic carbocycles. The summed E-state index contributed by atoms with van der Waals surface area (Å²) in [6.45, 7) is 1.30. The van der Waals surface area contributed by atoms with Gasteiger partial charge in [0.15, 0.2) is 0 Å². The second-order valence-corrected chi connectivity index (χ2v) is 8.01. The molecular weight excluding hydrogens is 470 g/mol. The summed E-state index contributed by atoms with van der Waals surface area (Å²) in [6.07, 6.45) is -5.59. The molecule has 1 aliphatic rings. The Bertz CT molecular complexity index is 1130. The third kappa shape index (κ3) is 5.08. The van der Waals surface area contributed by atoms with Gasteiger partial charge < -0.3 is 10.0 Å². The Hall–Kier alpha value is -3.21. The third-order valence-electron chi connectivity index (χ3n) is 5.25. The number of aliphatic carboxylic acids is 1. The van der Waals surface area contributed by atoms with Crippen LogP contribution < -0.4 is 9.80 Å². The van der Waals surface area contributed by atoms with Crippen molar-refractivity contribution in [2.24, 2.45) is 5.92 Å². The van der Waals surface area contributed by atoms with Crippen LogP contribution in [0.15, 0.2) is 30.3 Å². The van der Waals surface area contributed by atoms with E-state index in [1.807, 2.05) is 0 Å². The number of carboxylic acid groups (broad SMARTS) is 1. The molecular formula is C21H18ClF4N3O4. The molecule has 2 atom stereocenters. The van der Waals surface area contributed by atoms with Crippen molar-refractivity contribution in [2.75, 3.05) is 16.8 Å². The minimum absolute atomic E-state index is 0.0424. The fourth-order valence-corrected chi connectivity index (χ4v) is 3.85. The minimum Gasteiger partial charge on any atom is -0.481 e. The molecule has 2 aromatic rings. The number of aromatic nitrogens is 1. The molecule has 33 heavy (non-hydrogen) atoms. The van der Waals surface area contributed by atoms with Gasteiger partial charge in [0.2, 0.25) is 11.8 Å². The number of benzene rings is 1. The number of carbonyl (C=O) groups excluding carboxylic acids is 2. The number of aryl methyl sites for hydroxylation is 1. The number of amides is 2. The number of rotatable bonds is 5. The Morgan fingerprint density at radius 3 is 2.52 bits per heavy atom. The summed E-state index contributed by atoms with van der Waals surface area (Å²) < 4.78 is 53.5. The number of halogens is 5. The van der Waals surface area contributed by atoms with Crippen LogP contribution in [0.2, 0.25) is 5.02 Å². The molecule has 2 amide bonds. The van der Waals surface area contributed by atoms with Crippen molar-refractivity contribution < 1.29 is 37.1 Å². The first kappa shape index (κ1) is 24.4. The van der Waals surface area contributed by atoms with E-state index in [-0.39, 0.29) is 22.8 Å². The third-order valence-corrected chi connectivity index (χ3v) is 5.54.